The largest absolute Gasteiger partial charge is 0.465 e. The Hall–Kier alpha value is -1.68. The number of nitrogens with one attached hydrogen (secondary N) is 2. The van der Waals surface area contributed by atoms with Crippen LogP contribution < -0.4 is 5.32 Å². The summed E-state index contributed by atoms with van der Waals surface area (Å²) in [5.41, 5.74) is 3.18. The Morgan fingerprint density at radius 3 is 3.00 bits per heavy atom. The third-order valence-corrected chi connectivity index (χ3v) is 2.97. The van der Waals surface area contributed by atoms with Crippen molar-refractivity contribution in [1.29, 1.82) is 0 Å². The van der Waals surface area contributed by atoms with Crippen molar-refractivity contribution in [2.45, 2.75) is 13.3 Å². The zero-order chi connectivity index (χ0) is 12.4. The monoisotopic (exact) mass is 252 g/mol. The molecule has 2 aromatic rings. The van der Waals surface area contributed by atoms with Crippen LogP contribution in [0.3, 0.4) is 0 Å². The lowest BCUT2D eigenvalue weighted by Crippen LogP contribution is -2.23. The van der Waals surface area contributed by atoms with Crippen LogP contribution in [0.5, 0.6) is 0 Å². The predicted octanol–water partition coefficient (Wildman–Crippen LogP) is 2.94. The molecule has 0 spiro atoms. The minimum atomic E-state index is -1.000. The van der Waals surface area contributed by atoms with Crippen LogP contribution in [0.4, 0.5) is 4.79 Å². The molecular formula is C12H13ClN2O2. The number of H-pyrrole nitrogens is 1. The molecule has 17 heavy (non-hydrogen) atoms. The maximum atomic E-state index is 10.4. The van der Waals surface area contributed by atoms with Gasteiger partial charge in [0.05, 0.1) is 0 Å². The van der Waals surface area contributed by atoms with Gasteiger partial charge in [-0.2, -0.15) is 0 Å². The van der Waals surface area contributed by atoms with Crippen molar-refractivity contribution in [3.8, 4) is 0 Å². The molecule has 90 valence electrons. The van der Waals surface area contributed by atoms with Crippen molar-refractivity contribution >= 4 is 28.6 Å². The third-order valence-electron chi connectivity index (χ3n) is 2.73. The Morgan fingerprint density at radius 2 is 2.29 bits per heavy atom. The number of benzene rings is 1. The van der Waals surface area contributed by atoms with E-state index in [1.54, 1.807) is 0 Å². The number of aryl methyl sites for hydroxylation is 1. The summed E-state index contributed by atoms with van der Waals surface area (Å²) in [6, 6.07) is 5.66. The molecule has 0 aliphatic rings. The summed E-state index contributed by atoms with van der Waals surface area (Å²) in [4.78, 5) is 13.6. The molecule has 4 nitrogen and oxygen atoms in total. The summed E-state index contributed by atoms with van der Waals surface area (Å²) in [5, 5.41) is 12.6. The zero-order valence-corrected chi connectivity index (χ0v) is 10.1. The van der Waals surface area contributed by atoms with E-state index < -0.39 is 6.09 Å². The smallest absolute Gasteiger partial charge is 0.404 e. The van der Waals surface area contributed by atoms with E-state index in [0.29, 0.717) is 18.0 Å². The second-order valence-corrected chi connectivity index (χ2v) is 4.34. The van der Waals surface area contributed by atoms with E-state index >= 15 is 0 Å². The maximum Gasteiger partial charge on any atom is 0.404 e. The van der Waals surface area contributed by atoms with E-state index in [-0.39, 0.29) is 0 Å². The third kappa shape index (κ3) is 2.53. The van der Waals surface area contributed by atoms with Crippen molar-refractivity contribution in [2.24, 2.45) is 0 Å². The van der Waals surface area contributed by atoms with E-state index in [1.165, 1.54) is 0 Å². The summed E-state index contributed by atoms with van der Waals surface area (Å²) >= 11 is 5.96. The molecule has 1 aromatic carbocycles. The van der Waals surface area contributed by atoms with Gasteiger partial charge in [0.2, 0.25) is 0 Å². The number of aromatic amines is 1. The Bertz CT molecular complexity index is 563. The van der Waals surface area contributed by atoms with Crippen LogP contribution in [0, 0.1) is 6.92 Å². The highest BCUT2D eigenvalue weighted by molar-refractivity contribution is 6.31. The Kier molecular flexibility index (Phi) is 3.24. The summed E-state index contributed by atoms with van der Waals surface area (Å²) < 4.78 is 0. The average molecular weight is 253 g/mol. The Labute approximate surface area is 104 Å². The van der Waals surface area contributed by atoms with Crippen LogP contribution in [-0.4, -0.2) is 22.7 Å². The first kappa shape index (κ1) is 11.8. The van der Waals surface area contributed by atoms with Crippen molar-refractivity contribution in [1.82, 2.24) is 10.3 Å². The maximum absolute atomic E-state index is 10.4. The van der Waals surface area contributed by atoms with Gasteiger partial charge >= 0.3 is 6.09 Å². The molecule has 0 radical (unpaired) electrons. The van der Waals surface area contributed by atoms with E-state index in [2.05, 4.69) is 10.3 Å². The van der Waals surface area contributed by atoms with Crippen molar-refractivity contribution < 1.29 is 9.90 Å². The zero-order valence-electron chi connectivity index (χ0n) is 9.38. The Balaban J connectivity index is 2.28. The second kappa shape index (κ2) is 4.67. The molecule has 0 aliphatic carbocycles. The lowest BCUT2D eigenvalue weighted by atomic mass is 10.1. The number of carboxylic acid groups (broad SMARTS) is 1. The standard InChI is InChI=1S/C12H13ClN2O2/c1-7-9(4-5-14-12(16)17)10-6-8(13)2-3-11(10)15-7/h2-3,6,14-15H,4-5H2,1H3,(H,16,17). The quantitative estimate of drug-likeness (QED) is 0.786. The molecule has 0 unspecified atom stereocenters. The van der Waals surface area contributed by atoms with Crippen molar-refractivity contribution in [3.63, 3.8) is 0 Å². The van der Waals surface area contributed by atoms with Crippen LogP contribution in [0.2, 0.25) is 5.02 Å². The molecular weight excluding hydrogens is 240 g/mol. The van der Waals surface area contributed by atoms with Crippen LogP contribution >= 0.6 is 11.6 Å². The minimum Gasteiger partial charge on any atom is -0.465 e. The molecule has 1 heterocycles. The summed E-state index contributed by atoms with van der Waals surface area (Å²) in [6.45, 7) is 2.37. The fourth-order valence-corrected chi connectivity index (χ4v) is 2.14. The fraction of sp³-hybridized carbons (Fsp3) is 0.250. The highest BCUT2D eigenvalue weighted by Crippen LogP contribution is 2.25. The van der Waals surface area contributed by atoms with Crippen molar-refractivity contribution in [3.05, 3.63) is 34.5 Å². The fourth-order valence-electron chi connectivity index (χ4n) is 1.97. The van der Waals surface area contributed by atoms with E-state index in [9.17, 15) is 4.79 Å². The molecule has 2 rings (SSSR count). The van der Waals surface area contributed by atoms with Crippen LogP contribution in [0.25, 0.3) is 10.9 Å². The number of halogens is 1. The number of fused-ring (bicyclic) bond motifs is 1. The van der Waals surface area contributed by atoms with Crippen molar-refractivity contribution in [2.75, 3.05) is 6.54 Å². The second-order valence-electron chi connectivity index (χ2n) is 3.90. The van der Waals surface area contributed by atoms with Gasteiger partial charge in [0.25, 0.3) is 0 Å². The molecule has 0 aliphatic heterocycles. The van der Waals surface area contributed by atoms with Gasteiger partial charge < -0.3 is 15.4 Å². The molecule has 1 aromatic heterocycles. The first-order valence-electron chi connectivity index (χ1n) is 5.31. The lowest BCUT2D eigenvalue weighted by molar-refractivity contribution is 0.194. The molecule has 0 atom stereocenters. The van der Waals surface area contributed by atoms with Crippen LogP contribution in [-0.2, 0) is 6.42 Å². The van der Waals surface area contributed by atoms with Gasteiger partial charge in [-0.1, -0.05) is 11.6 Å². The number of rotatable bonds is 3. The van der Waals surface area contributed by atoms with E-state index in [0.717, 1.165) is 22.2 Å². The Morgan fingerprint density at radius 1 is 1.53 bits per heavy atom. The predicted molar refractivity (Wildman–Crippen MR) is 67.8 cm³/mol. The van der Waals surface area contributed by atoms with Gasteiger partial charge in [-0.3, -0.25) is 0 Å². The molecule has 0 saturated carbocycles. The topological polar surface area (TPSA) is 65.1 Å². The summed E-state index contributed by atoms with van der Waals surface area (Å²) in [5.74, 6) is 0. The molecule has 3 N–H and O–H groups in total. The van der Waals surface area contributed by atoms with Gasteiger partial charge in [-0.15, -0.1) is 0 Å². The number of hydrogen-bond acceptors (Lipinski definition) is 1. The van der Waals surface area contributed by atoms with Gasteiger partial charge in [-0.25, -0.2) is 4.79 Å². The summed E-state index contributed by atoms with van der Waals surface area (Å²) in [6.07, 6.45) is -0.348. The van der Waals surface area contributed by atoms with E-state index in [4.69, 9.17) is 16.7 Å². The molecule has 0 bridgehead atoms. The number of aromatic nitrogens is 1. The average Bonchev–Trinajstić information content (AvgIpc) is 2.55. The molecule has 0 fully saturated rings. The highest BCUT2D eigenvalue weighted by Gasteiger charge is 2.08. The first-order chi connectivity index (χ1) is 8.08. The van der Waals surface area contributed by atoms with Gasteiger partial charge in [-0.05, 0) is 37.1 Å². The first-order valence-corrected chi connectivity index (χ1v) is 5.69. The van der Waals surface area contributed by atoms with Gasteiger partial charge in [0.15, 0.2) is 0 Å². The SMILES string of the molecule is Cc1[nH]c2ccc(Cl)cc2c1CCNC(=O)O. The van der Waals surface area contributed by atoms with Gasteiger partial charge in [0.1, 0.15) is 0 Å². The minimum absolute atomic E-state index is 0.398. The number of amides is 1. The molecule has 5 heteroatoms. The number of carbonyl (C=O) groups is 1. The molecule has 0 saturated heterocycles. The van der Waals surface area contributed by atoms with E-state index in [1.807, 2.05) is 25.1 Å². The summed E-state index contributed by atoms with van der Waals surface area (Å²) in [7, 11) is 0. The molecule has 1 amide bonds. The van der Waals surface area contributed by atoms with Crippen LogP contribution in [0.15, 0.2) is 18.2 Å². The van der Waals surface area contributed by atoms with Gasteiger partial charge in [0, 0.05) is 28.2 Å². The van der Waals surface area contributed by atoms with Crippen LogP contribution in [0.1, 0.15) is 11.3 Å². The lowest BCUT2D eigenvalue weighted by Gasteiger charge is -2.02. The number of hydrogen-bond donors (Lipinski definition) is 3. The highest BCUT2D eigenvalue weighted by atomic mass is 35.5. The normalized spacial score (nSPS) is 10.7.